The van der Waals surface area contributed by atoms with E-state index in [0.717, 1.165) is 5.56 Å². The summed E-state index contributed by atoms with van der Waals surface area (Å²) in [5, 5.41) is 0. The molecule has 1 aromatic heterocycles. The molecular weight excluding hydrogens is 327 g/mol. The van der Waals surface area contributed by atoms with Crippen LogP contribution < -0.4 is 4.90 Å². The van der Waals surface area contributed by atoms with E-state index in [0.29, 0.717) is 5.69 Å². The van der Waals surface area contributed by atoms with E-state index >= 15 is 0 Å². The van der Waals surface area contributed by atoms with Gasteiger partial charge in [0.15, 0.2) is 0 Å². The molecule has 0 saturated carbocycles. The number of aromatic nitrogens is 1. The molecule has 0 bridgehead atoms. The zero-order chi connectivity index (χ0) is 14.3. The fraction of sp³-hybridized carbons (Fsp3) is 0.0714. The maximum absolute atomic E-state index is 13.6. The molecule has 4 nitrogen and oxygen atoms in total. The van der Waals surface area contributed by atoms with Crippen LogP contribution in [-0.2, 0) is 11.3 Å². The summed E-state index contributed by atoms with van der Waals surface area (Å²) in [4.78, 5) is 29.1. The first kappa shape index (κ1) is 12.9. The molecule has 0 saturated heterocycles. The first-order chi connectivity index (χ1) is 9.58. The fourth-order valence-corrected chi connectivity index (χ4v) is 2.46. The van der Waals surface area contributed by atoms with Crippen molar-refractivity contribution in [2.45, 2.75) is 6.54 Å². The number of hydrogen-bond acceptors (Lipinski definition) is 3. The molecule has 0 radical (unpaired) electrons. The second-order valence-corrected chi connectivity index (χ2v) is 5.21. The summed E-state index contributed by atoms with van der Waals surface area (Å²) in [6.45, 7) is 0.209. The summed E-state index contributed by atoms with van der Waals surface area (Å²) in [5.41, 5.74) is 1.34. The van der Waals surface area contributed by atoms with Gasteiger partial charge in [-0.15, -0.1) is 0 Å². The number of fused-ring (bicyclic) bond motifs is 1. The minimum atomic E-state index is -0.644. The smallest absolute Gasteiger partial charge is 0.299 e. The van der Waals surface area contributed by atoms with Crippen LogP contribution in [0.5, 0.6) is 0 Å². The Morgan fingerprint density at radius 1 is 1.20 bits per heavy atom. The van der Waals surface area contributed by atoms with Crippen LogP contribution in [-0.4, -0.2) is 16.7 Å². The first-order valence-corrected chi connectivity index (χ1v) is 6.61. The van der Waals surface area contributed by atoms with Gasteiger partial charge in [-0.1, -0.05) is 0 Å². The molecule has 0 atom stereocenters. The van der Waals surface area contributed by atoms with Crippen molar-refractivity contribution < 1.29 is 14.0 Å². The maximum Gasteiger partial charge on any atom is 0.299 e. The molecule has 100 valence electrons. The van der Waals surface area contributed by atoms with Crippen LogP contribution in [0.2, 0.25) is 0 Å². The highest BCUT2D eigenvalue weighted by Crippen LogP contribution is 2.34. The SMILES string of the molecule is O=C1C(=O)N(Cc2ccncc2)c2cc(F)c(Br)cc21. The molecule has 6 heteroatoms. The summed E-state index contributed by atoms with van der Waals surface area (Å²) in [7, 11) is 0. The monoisotopic (exact) mass is 334 g/mol. The lowest BCUT2D eigenvalue weighted by atomic mass is 10.1. The van der Waals surface area contributed by atoms with Crippen molar-refractivity contribution in [3.63, 3.8) is 0 Å². The van der Waals surface area contributed by atoms with Gasteiger partial charge in [0.25, 0.3) is 11.7 Å². The third-order valence-corrected chi connectivity index (χ3v) is 3.71. The van der Waals surface area contributed by atoms with Crippen LogP contribution >= 0.6 is 15.9 Å². The second kappa shape index (κ2) is 4.79. The molecule has 2 aromatic rings. The molecule has 20 heavy (non-hydrogen) atoms. The Bertz CT molecular complexity index is 719. The van der Waals surface area contributed by atoms with E-state index in [1.54, 1.807) is 24.5 Å². The average molecular weight is 335 g/mol. The number of nitrogens with zero attached hydrogens (tertiary/aromatic N) is 2. The molecule has 1 amide bonds. The van der Waals surface area contributed by atoms with E-state index in [4.69, 9.17) is 0 Å². The summed E-state index contributed by atoms with van der Waals surface area (Å²) in [6, 6.07) is 6.02. The third kappa shape index (κ3) is 2.02. The number of halogens is 2. The number of rotatable bonds is 2. The Kier molecular flexibility index (Phi) is 3.10. The number of amides is 1. The number of benzene rings is 1. The van der Waals surface area contributed by atoms with Crippen LogP contribution in [0, 0.1) is 5.82 Å². The van der Waals surface area contributed by atoms with Crippen molar-refractivity contribution in [1.29, 1.82) is 0 Å². The second-order valence-electron chi connectivity index (χ2n) is 4.36. The zero-order valence-corrected chi connectivity index (χ0v) is 11.7. The molecule has 3 rings (SSSR count). The maximum atomic E-state index is 13.6. The van der Waals surface area contributed by atoms with Gasteiger partial charge in [-0.25, -0.2) is 4.39 Å². The Labute approximate surface area is 122 Å². The molecule has 1 aliphatic heterocycles. The molecule has 2 heterocycles. The lowest BCUT2D eigenvalue weighted by molar-refractivity contribution is -0.114. The number of pyridine rings is 1. The minimum Gasteiger partial charge on any atom is -0.300 e. The van der Waals surface area contributed by atoms with Crippen molar-refractivity contribution >= 4 is 33.3 Å². The lowest BCUT2D eigenvalue weighted by Crippen LogP contribution is -2.29. The standard InChI is InChI=1S/C14H8BrFN2O2/c15-10-5-9-12(6-11(10)16)18(14(20)13(9)19)7-8-1-3-17-4-2-8/h1-6H,7H2. The molecule has 0 N–H and O–H groups in total. The number of ketones is 1. The van der Waals surface area contributed by atoms with E-state index in [1.807, 2.05) is 0 Å². The van der Waals surface area contributed by atoms with Crippen molar-refractivity contribution in [1.82, 2.24) is 4.98 Å². The number of anilines is 1. The predicted molar refractivity (Wildman–Crippen MR) is 73.9 cm³/mol. The molecule has 0 fully saturated rings. The lowest BCUT2D eigenvalue weighted by Gasteiger charge is -2.16. The Hall–Kier alpha value is -2.08. The van der Waals surface area contributed by atoms with Gasteiger partial charge in [0.2, 0.25) is 0 Å². The summed E-state index contributed by atoms with van der Waals surface area (Å²) in [5.74, 6) is -1.77. The largest absolute Gasteiger partial charge is 0.300 e. The predicted octanol–water partition coefficient (Wildman–Crippen LogP) is 2.71. The van der Waals surface area contributed by atoms with Gasteiger partial charge in [0.1, 0.15) is 5.82 Å². The van der Waals surface area contributed by atoms with Gasteiger partial charge in [0.05, 0.1) is 22.3 Å². The van der Waals surface area contributed by atoms with Crippen LogP contribution in [0.3, 0.4) is 0 Å². The molecular formula is C14H8BrFN2O2. The number of Topliss-reactive ketones (excluding diaryl/α,β-unsaturated/α-hetero) is 1. The van der Waals surface area contributed by atoms with Crippen molar-refractivity contribution in [2.24, 2.45) is 0 Å². The Morgan fingerprint density at radius 3 is 2.60 bits per heavy atom. The number of carbonyl (C=O) groups excluding carboxylic acids is 2. The van der Waals surface area contributed by atoms with E-state index in [1.165, 1.54) is 17.0 Å². The molecule has 0 aliphatic carbocycles. The van der Waals surface area contributed by atoms with Crippen LogP contribution in [0.4, 0.5) is 10.1 Å². The zero-order valence-electron chi connectivity index (χ0n) is 10.1. The van der Waals surface area contributed by atoms with Gasteiger partial charge in [-0.05, 0) is 45.8 Å². The summed E-state index contributed by atoms with van der Waals surface area (Å²) in [6.07, 6.45) is 3.20. The van der Waals surface area contributed by atoms with Gasteiger partial charge in [-0.3, -0.25) is 14.6 Å². The van der Waals surface area contributed by atoms with E-state index < -0.39 is 17.5 Å². The molecule has 0 unspecified atom stereocenters. The van der Waals surface area contributed by atoms with Crippen molar-refractivity contribution in [3.05, 3.63) is 58.1 Å². The Balaban J connectivity index is 2.04. The van der Waals surface area contributed by atoms with E-state index in [9.17, 15) is 14.0 Å². The highest BCUT2D eigenvalue weighted by atomic mass is 79.9. The van der Waals surface area contributed by atoms with Crippen LogP contribution in [0.1, 0.15) is 15.9 Å². The van der Waals surface area contributed by atoms with Gasteiger partial charge < -0.3 is 4.90 Å². The minimum absolute atomic E-state index is 0.170. The summed E-state index contributed by atoms with van der Waals surface area (Å²) >= 11 is 3.02. The van der Waals surface area contributed by atoms with Gasteiger partial charge in [0, 0.05) is 12.4 Å². The Morgan fingerprint density at radius 2 is 1.90 bits per heavy atom. The third-order valence-electron chi connectivity index (χ3n) is 3.10. The molecule has 1 aromatic carbocycles. The molecule has 0 spiro atoms. The van der Waals surface area contributed by atoms with E-state index in [2.05, 4.69) is 20.9 Å². The highest BCUT2D eigenvalue weighted by molar-refractivity contribution is 9.10. The first-order valence-electron chi connectivity index (χ1n) is 5.82. The van der Waals surface area contributed by atoms with Gasteiger partial charge >= 0.3 is 0 Å². The van der Waals surface area contributed by atoms with Crippen molar-refractivity contribution in [2.75, 3.05) is 4.90 Å². The van der Waals surface area contributed by atoms with Gasteiger partial charge in [-0.2, -0.15) is 0 Å². The highest BCUT2D eigenvalue weighted by Gasteiger charge is 2.36. The van der Waals surface area contributed by atoms with E-state index in [-0.39, 0.29) is 16.6 Å². The number of carbonyl (C=O) groups is 2. The number of hydrogen-bond donors (Lipinski definition) is 0. The fourth-order valence-electron chi connectivity index (χ4n) is 2.12. The summed E-state index contributed by atoms with van der Waals surface area (Å²) < 4.78 is 13.8. The van der Waals surface area contributed by atoms with Crippen LogP contribution in [0.25, 0.3) is 0 Å². The van der Waals surface area contributed by atoms with Crippen molar-refractivity contribution in [3.8, 4) is 0 Å². The normalized spacial score (nSPS) is 13.8. The molecule has 1 aliphatic rings. The topological polar surface area (TPSA) is 50.3 Å². The quantitative estimate of drug-likeness (QED) is 0.793. The average Bonchev–Trinajstić information content (AvgIpc) is 2.66. The van der Waals surface area contributed by atoms with Crippen LogP contribution in [0.15, 0.2) is 41.1 Å².